The molecule has 5 rings (SSSR count). The molecule has 312 valence electrons. The van der Waals surface area contributed by atoms with E-state index < -0.39 is 0 Å². The molecule has 2 nitrogen and oxygen atoms in total. The lowest BCUT2D eigenvalue weighted by Crippen LogP contribution is -2.26. The highest BCUT2D eigenvalue weighted by atomic mass is 35.5. The van der Waals surface area contributed by atoms with Crippen molar-refractivity contribution in [2.75, 3.05) is 4.90 Å². The van der Waals surface area contributed by atoms with Crippen LogP contribution in [0.3, 0.4) is 0 Å². The summed E-state index contributed by atoms with van der Waals surface area (Å²) in [5.41, 5.74) is 7.72. The summed E-state index contributed by atoms with van der Waals surface area (Å²) in [5, 5.41) is 0.734. The lowest BCUT2D eigenvalue weighted by Gasteiger charge is -2.23. The molecule has 0 unspecified atom stereocenters. The number of rotatable bonds is 3. The smallest absolute Gasteiger partial charge is 0.243 e. The number of para-hydroxylation sites is 2. The van der Waals surface area contributed by atoms with Gasteiger partial charge < -0.3 is 0 Å². The number of fused-ring (bicyclic) bond motifs is 2. The molecule has 0 saturated carbocycles. The van der Waals surface area contributed by atoms with E-state index in [1.807, 2.05) is 33.7 Å². The largest absolute Gasteiger partial charge is 0.272 e. The van der Waals surface area contributed by atoms with Gasteiger partial charge in [0.15, 0.2) is 0 Å². The van der Waals surface area contributed by atoms with E-state index in [1.54, 1.807) is 0 Å². The quantitative estimate of drug-likeness (QED) is 0.223. The second kappa shape index (κ2) is 26.1. The van der Waals surface area contributed by atoms with Gasteiger partial charge in [0.1, 0.15) is 0 Å². The molecule has 2 aliphatic heterocycles. The molecule has 0 spiro atoms. The van der Waals surface area contributed by atoms with Crippen LogP contribution in [0.5, 0.6) is 0 Å². The molecule has 3 heteroatoms. The molecular weight excluding hydrogens is 856 g/mol. The van der Waals surface area contributed by atoms with Crippen LogP contribution < -0.4 is 4.90 Å². The van der Waals surface area contributed by atoms with Crippen LogP contribution in [-0.2, 0) is 10.8 Å². The molecule has 0 saturated heterocycles. The highest BCUT2D eigenvalue weighted by molar-refractivity contribution is 6.32. The minimum absolute atomic E-state index is 0.344. The molecule has 3 aliphatic rings. The Kier molecular flexibility index (Phi) is 18.7. The first kappa shape index (κ1) is 49.3. The van der Waals surface area contributed by atoms with Gasteiger partial charge in [-0.2, -0.15) is 0 Å². The number of nitrogens with zero attached hydrogens (tertiary/aromatic N) is 2. The second-order valence-electron chi connectivity index (χ2n) is 14.9. The summed E-state index contributed by atoms with van der Waals surface area (Å²) in [7, 11) is 0. The Morgan fingerprint density at radius 3 is 1.48 bits per heavy atom. The Hall–Kier alpha value is -10.8. The van der Waals surface area contributed by atoms with Gasteiger partial charge in [0, 0.05) is 129 Å². The third-order valence-corrected chi connectivity index (χ3v) is 10.5. The van der Waals surface area contributed by atoms with Crippen LogP contribution in [0.2, 0.25) is 0 Å². The number of benzene rings is 2. The molecule has 2 aromatic rings. The van der Waals surface area contributed by atoms with Crippen molar-refractivity contribution in [2.45, 2.75) is 57.8 Å². The molecule has 0 bridgehead atoms. The molecule has 0 atom stereocenters. The van der Waals surface area contributed by atoms with Gasteiger partial charge in [0.25, 0.3) is 0 Å². The maximum atomic E-state index is 7.24. The zero-order valence-corrected chi connectivity index (χ0v) is 38.7. The van der Waals surface area contributed by atoms with E-state index in [9.17, 15) is 0 Å². The van der Waals surface area contributed by atoms with Gasteiger partial charge in [-0.05, 0) is 157 Å². The SMILES string of the molecule is C#CC#CC#CC#CC#CC#CC#CC#CC#CN1C(=CC=C2CCCC(C=CC3=[N+](C#CC#CC#CC#CC#CC#CC#CC#CC#C)c4ccccc4C3(C)C)=C2Cl)C(C)(C)c2ccccc21. The van der Waals surface area contributed by atoms with Crippen molar-refractivity contribution >= 4 is 28.7 Å². The van der Waals surface area contributed by atoms with Gasteiger partial charge in [-0.25, -0.2) is 0 Å². The van der Waals surface area contributed by atoms with Gasteiger partial charge in [-0.3, -0.25) is 4.90 Å². The van der Waals surface area contributed by atoms with Crippen molar-refractivity contribution in [3.8, 4) is 214 Å². The zero-order chi connectivity index (χ0) is 49.0. The first-order valence-electron chi connectivity index (χ1n) is 20.8. The van der Waals surface area contributed by atoms with Gasteiger partial charge in [-0.1, -0.05) is 74.0 Å². The van der Waals surface area contributed by atoms with Crippen molar-refractivity contribution < 1.29 is 4.58 Å². The number of allylic oxidation sites excluding steroid dienone is 8. The van der Waals surface area contributed by atoms with Crippen LogP contribution in [0.4, 0.5) is 11.4 Å². The number of hydrogen-bond donors (Lipinski definition) is 0. The standard InChI is InChI=1S/C66H32ClN2/c1-7-9-11-13-15-17-19-21-23-25-27-29-31-33-35-41-54-68-60-48-39-37-46-58(60)65(3,4)62(68)52-50-56-44-43-45-57(64(56)67)51-53-63-66(5,6)59-47-38-40-49-61(59)69(63)55-42-36-34-32-30-28-26-24-22-20-18-16-14-12-10-8-2/h1-2,37-40,46-53H,43-45H2,3-6H3/q+1. The third-order valence-electron chi connectivity index (χ3n) is 9.97. The van der Waals surface area contributed by atoms with E-state index in [0.717, 1.165) is 69.4 Å². The maximum Gasteiger partial charge on any atom is 0.243 e. The van der Waals surface area contributed by atoms with Crippen molar-refractivity contribution in [1.82, 2.24) is 0 Å². The first-order chi connectivity index (χ1) is 33.7. The Morgan fingerprint density at radius 1 is 0.507 bits per heavy atom. The van der Waals surface area contributed by atoms with Crippen molar-refractivity contribution in [1.29, 1.82) is 0 Å². The van der Waals surface area contributed by atoms with E-state index in [4.69, 9.17) is 24.4 Å². The molecule has 2 aromatic carbocycles. The number of anilines is 1. The summed E-state index contributed by atoms with van der Waals surface area (Å²) >= 11 is 7.24. The molecule has 0 N–H and O–H groups in total. The van der Waals surface area contributed by atoms with Crippen molar-refractivity contribution in [3.05, 3.63) is 106 Å². The normalized spacial score (nSPS) is 13.6. The monoisotopic (exact) mass is 887 g/mol. The summed E-state index contributed by atoms with van der Waals surface area (Å²) in [4.78, 5) is 1.99. The number of terminal acetylenes is 2. The summed E-state index contributed by atoms with van der Waals surface area (Å²) < 4.78 is 1.99. The third kappa shape index (κ3) is 14.1. The topological polar surface area (TPSA) is 6.25 Å². The van der Waals surface area contributed by atoms with Crippen LogP contribution in [0.1, 0.15) is 58.1 Å². The van der Waals surface area contributed by atoms with Crippen LogP contribution in [-0.4, -0.2) is 10.3 Å². The Labute approximate surface area is 414 Å². The van der Waals surface area contributed by atoms with Gasteiger partial charge in [-0.15, -0.1) is 17.4 Å². The van der Waals surface area contributed by atoms with E-state index in [2.05, 4.69) is 278 Å². The Bertz CT molecular complexity index is 3880. The molecule has 0 aromatic heterocycles. The van der Waals surface area contributed by atoms with Crippen LogP contribution in [0, 0.1) is 214 Å². The lowest BCUT2D eigenvalue weighted by atomic mass is 9.81. The van der Waals surface area contributed by atoms with E-state index in [-0.39, 0.29) is 10.8 Å². The minimum atomic E-state index is -0.344. The van der Waals surface area contributed by atoms with Crippen LogP contribution in [0.15, 0.2) is 94.7 Å². The van der Waals surface area contributed by atoms with E-state index >= 15 is 0 Å². The molecule has 0 radical (unpaired) electrons. The predicted octanol–water partition coefficient (Wildman–Crippen LogP) is 8.14. The first-order valence-corrected chi connectivity index (χ1v) is 21.2. The summed E-state index contributed by atoms with van der Waals surface area (Å²) in [5.74, 6) is 82.6. The average molecular weight is 888 g/mol. The number of halogens is 1. The fourth-order valence-electron chi connectivity index (χ4n) is 6.91. The van der Waals surface area contributed by atoms with E-state index in [0.29, 0.717) is 0 Å². The molecule has 1 aliphatic carbocycles. The summed E-state index contributed by atoms with van der Waals surface area (Å²) in [6.45, 7) is 8.76. The molecule has 0 amide bonds. The summed E-state index contributed by atoms with van der Waals surface area (Å²) in [6.07, 6.45) is 21.2. The highest BCUT2D eigenvalue weighted by Gasteiger charge is 2.44. The predicted molar refractivity (Wildman–Crippen MR) is 280 cm³/mol. The zero-order valence-electron chi connectivity index (χ0n) is 38.0. The summed E-state index contributed by atoms with van der Waals surface area (Å²) in [6, 6.07) is 23.0. The second-order valence-corrected chi connectivity index (χ2v) is 15.3. The van der Waals surface area contributed by atoms with E-state index in [1.165, 1.54) is 0 Å². The van der Waals surface area contributed by atoms with Crippen LogP contribution >= 0.6 is 11.6 Å². The minimum Gasteiger partial charge on any atom is -0.272 e. The molecule has 2 heterocycles. The van der Waals surface area contributed by atoms with Gasteiger partial charge in [0.2, 0.25) is 17.4 Å². The average Bonchev–Trinajstić information content (AvgIpc) is 3.70. The molecule has 0 fully saturated rings. The highest BCUT2D eigenvalue weighted by Crippen LogP contribution is 2.47. The Balaban J connectivity index is 1.37. The molecular formula is C66H32ClN2+. The maximum absolute atomic E-state index is 7.24. The fraction of sp³-hybridized carbons (Fsp3) is 0.136. The van der Waals surface area contributed by atoms with Gasteiger partial charge in [0.05, 0.1) is 17.0 Å². The van der Waals surface area contributed by atoms with Gasteiger partial charge >= 0.3 is 0 Å². The van der Waals surface area contributed by atoms with Crippen molar-refractivity contribution in [3.63, 3.8) is 0 Å². The Morgan fingerprint density at radius 2 is 0.957 bits per heavy atom. The lowest BCUT2D eigenvalue weighted by molar-refractivity contribution is -0.332. The van der Waals surface area contributed by atoms with Crippen molar-refractivity contribution in [2.24, 2.45) is 0 Å². The van der Waals surface area contributed by atoms with Crippen LogP contribution in [0.25, 0.3) is 0 Å². The fourth-order valence-corrected chi connectivity index (χ4v) is 7.23. The number of hydrogen-bond acceptors (Lipinski definition) is 1. The molecule has 69 heavy (non-hydrogen) atoms.